The lowest BCUT2D eigenvalue weighted by atomic mass is 10.2. The monoisotopic (exact) mass is 262 g/mol. The van der Waals surface area contributed by atoms with Crippen molar-refractivity contribution in [1.82, 2.24) is 10.2 Å². The van der Waals surface area contributed by atoms with E-state index in [0.29, 0.717) is 18.3 Å². The van der Waals surface area contributed by atoms with E-state index in [1.165, 1.54) is 12.8 Å². The molecule has 0 saturated carbocycles. The van der Waals surface area contributed by atoms with Gasteiger partial charge in [0.2, 0.25) is 0 Å². The lowest BCUT2D eigenvalue weighted by Gasteiger charge is -2.24. The van der Waals surface area contributed by atoms with Gasteiger partial charge in [-0.05, 0) is 32.4 Å². The lowest BCUT2D eigenvalue weighted by molar-refractivity contribution is 0.261. The number of nitrogens with one attached hydrogen (secondary N) is 1. The van der Waals surface area contributed by atoms with Crippen LogP contribution in [-0.2, 0) is 9.84 Å². The fraction of sp³-hybridized carbons (Fsp3) is 1.00. The largest absolute Gasteiger partial charge is 0.315 e. The first-order valence-corrected chi connectivity index (χ1v) is 8.56. The zero-order chi connectivity index (χ0) is 12.7. The van der Waals surface area contributed by atoms with Gasteiger partial charge >= 0.3 is 0 Å². The van der Waals surface area contributed by atoms with Gasteiger partial charge in [-0.2, -0.15) is 0 Å². The summed E-state index contributed by atoms with van der Waals surface area (Å²) in [7, 11) is -2.82. The quantitative estimate of drug-likeness (QED) is 0.660. The minimum Gasteiger partial charge on any atom is -0.315 e. The molecular weight excluding hydrogens is 236 g/mol. The number of nitrogens with zero attached hydrogens (tertiary/aromatic N) is 1. The zero-order valence-corrected chi connectivity index (χ0v) is 11.9. The standard InChI is InChI=1S/C12H26N2O2S/c1-3-7-13-11-12-6-5-8-14(12)9-10-17(15,16)4-2/h12-13H,3-11H2,1-2H3. The SMILES string of the molecule is CCCNCC1CCCN1CCS(=O)(=O)CC. The van der Waals surface area contributed by atoms with Crippen molar-refractivity contribution in [2.75, 3.05) is 37.7 Å². The minimum absolute atomic E-state index is 0.263. The molecule has 102 valence electrons. The van der Waals surface area contributed by atoms with Gasteiger partial charge in [-0.15, -0.1) is 0 Å². The zero-order valence-electron chi connectivity index (χ0n) is 11.1. The third-order valence-electron chi connectivity index (χ3n) is 3.44. The van der Waals surface area contributed by atoms with Gasteiger partial charge in [-0.1, -0.05) is 13.8 Å². The van der Waals surface area contributed by atoms with Crippen molar-refractivity contribution in [3.63, 3.8) is 0 Å². The van der Waals surface area contributed by atoms with Crippen LogP contribution in [0.2, 0.25) is 0 Å². The molecule has 0 aromatic rings. The number of hydrogen-bond acceptors (Lipinski definition) is 4. The Bertz CT molecular complexity index is 304. The predicted octanol–water partition coefficient (Wildman–Crippen LogP) is 0.885. The van der Waals surface area contributed by atoms with E-state index in [9.17, 15) is 8.42 Å². The van der Waals surface area contributed by atoms with Crippen LogP contribution in [0.5, 0.6) is 0 Å². The van der Waals surface area contributed by atoms with Crippen molar-refractivity contribution in [2.45, 2.75) is 39.2 Å². The second-order valence-electron chi connectivity index (χ2n) is 4.77. The Hall–Kier alpha value is -0.130. The molecule has 0 spiro atoms. The summed E-state index contributed by atoms with van der Waals surface area (Å²) in [5, 5.41) is 3.43. The maximum Gasteiger partial charge on any atom is 0.151 e. The molecule has 1 aliphatic rings. The van der Waals surface area contributed by atoms with Crippen LogP contribution in [0.4, 0.5) is 0 Å². The Labute approximate surface area is 106 Å². The second-order valence-corrected chi connectivity index (χ2v) is 7.25. The van der Waals surface area contributed by atoms with E-state index in [-0.39, 0.29) is 5.75 Å². The summed E-state index contributed by atoms with van der Waals surface area (Å²) in [6.07, 6.45) is 3.55. The maximum absolute atomic E-state index is 11.5. The average molecular weight is 262 g/mol. The molecule has 0 radical (unpaired) electrons. The highest BCUT2D eigenvalue weighted by atomic mass is 32.2. The van der Waals surface area contributed by atoms with Gasteiger partial charge in [-0.25, -0.2) is 8.42 Å². The second kappa shape index (κ2) is 7.34. The topological polar surface area (TPSA) is 49.4 Å². The molecule has 1 N–H and O–H groups in total. The van der Waals surface area contributed by atoms with Crippen molar-refractivity contribution in [2.24, 2.45) is 0 Å². The van der Waals surface area contributed by atoms with Gasteiger partial charge in [-0.3, -0.25) is 4.90 Å². The summed E-state index contributed by atoms with van der Waals surface area (Å²) in [5.74, 6) is 0.577. The number of hydrogen-bond donors (Lipinski definition) is 1. The Morgan fingerprint density at radius 1 is 1.35 bits per heavy atom. The highest BCUT2D eigenvalue weighted by Crippen LogP contribution is 2.16. The summed E-state index contributed by atoms with van der Waals surface area (Å²) in [4.78, 5) is 2.33. The molecule has 0 aromatic heterocycles. The minimum atomic E-state index is -2.82. The van der Waals surface area contributed by atoms with Crippen LogP contribution in [-0.4, -0.2) is 57.0 Å². The first-order valence-electron chi connectivity index (χ1n) is 6.74. The summed E-state index contributed by atoms with van der Waals surface area (Å²) in [6.45, 7) is 7.69. The highest BCUT2D eigenvalue weighted by Gasteiger charge is 2.24. The summed E-state index contributed by atoms with van der Waals surface area (Å²) >= 11 is 0. The Morgan fingerprint density at radius 2 is 2.12 bits per heavy atom. The molecule has 1 unspecified atom stereocenters. The number of likely N-dealkylation sites (tertiary alicyclic amines) is 1. The summed E-state index contributed by atoms with van der Waals surface area (Å²) < 4.78 is 23.0. The maximum atomic E-state index is 11.5. The van der Waals surface area contributed by atoms with Gasteiger partial charge < -0.3 is 5.32 Å². The normalized spacial score (nSPS) is 22.1. The molecule has 0 aliphatic carbocycles. The fourth-order valence-corrected chi connectivity index (χ4v) is 3.07. The number of rotatable bonds is 8. The van der Waals surface area contributed by atoms with Crippen LogP contribution < -0.4 is 5.32 Å². The third-order valence-corrected chi connectivity index (χ3v) is 5.12. The molecule has 0 amide bonds. The van der Waals surface area contributed by atoms with E-state index in [1.54, 1.807) is 6.92 Å². The molecule has 0 bridgehead atoms. The van der Waals surface area contributed by atoms with Crippen molar-refractivity contribution < 1.29 is 8.42 Å². The van der Waals surface area contributed by atoms with Crippen molar-refractivity contribution in [3.8, 4) is 0 Å². The van der Waals surface area contributed by atoms with E-state index < -0.39 is 9.84 Å². The van der Waals surface area contributed by atoms with E-state index in [1.807, 2.05) is 0 Å². The first kappa shape index (κ1) is 14.9. The van der Waals surface area contributed by atoms with E-state index in [4.69, 9.17) is 0 Å². The van der Waals surface area contributed by atoms with E-state index in [0.717, 1.165) is 26.1 Å². The lowest BCUT2D eigenvalue weighted by Crippen LogP contribution is -2.40. The first-order chi connectivity index (χ1) is 8.09. The average Bonchev–Trinajstić information content (AvgIpc) is 2.75. The predicted molar refractivity (Wildman–Crippen MR) is 72.1 cm³/mol. The Morgan fingerprint density at radius 3 is 2.76 bits per heavy atom. The van der Waals surface area contributed by atoms with Gasteiger partial charge in [0.15, 0.2) is 9.84 Å². The summed E-state index contributed by atoms with van der Waals surface area (Å²) in [5.41, 5.74) is 0. The van der Waals surface area contributed by atoms with Crippen LogP contribution in [0, 0.1) is 0 Å². The van der Waals surface area contributed by atoms with Crippen LogP contribution >= 0.6 is 0 Å². The molecule has 1 saturated heterocycles. The molecule has 1 heterocycles. The van der Waals surface area contributed by atoms with Crippen LogP contribution in [0.25, 0.3) is 0 Å². The molecule has 5 heteroatoms. The fourth-order valence-electron chi connectivity index (χ4n) is 2.27. The molecule has 1 rings (SSSR count). The van der Waals surface area contributed by atoms with E-state index >= 15 is 0 Å². The van der Waals surface area contributed by atoms with Gasteiger partial charge in [0.25, 0.3) is 0 Å². The van der Waals surface area contributed by atoms with Crippen LogP contribution in [0.1, 0.15) is 33.1 Å². The Balaban J connectivity index is 2.31. The molecule has 1 atom stereocenters. The molecule has 1 aliphatic heterocycles. The van der Waals surface area contributed by atoms with Gasteiger partial charge in [0.1, 0.15) is 0 Å². The van der Waals surface area contributed by atoms with Crippen LogP contribution in [0.3, 0.4) is 0 Å². The van der Waals surface area contributed by atoms with Crippen LogP contribution in [0.15, 0.2) is 0 Å². The highest BCUT2D eigenvalue weighted by molar-refractivity contribution is 7.91. The molecular formula is C12H26N2O2S. The molecule has 4 nitrogen and oxygen atoms in total. The molecule has 0 aromatic carbocycles. The number of sulfone groups is 1. The van der Waals surface area contributed by atoms with Crippen molar-refractivity contribution in [3.05, 3.63) is 0 Å². The van der Waals surface area contributed by atoms with Crippen molar-refractivity contribution in [1.29, 1.82) is 0 Å². The molecule has 1 fully saturated rings. The Kier molecular flexibility index (Phi) is 6.44. The van der Waals surface area contributed by atoms with Crippen molar-refractivity contribution >= 4 is 9.84 Å². The van der Waals surface area contributed by atoms with Gasteiger partial charge in [0, 0.05) is 24.9 Å². The third kappa shape index (κ3) is 5.36. The van der Waals surface area contributed by atoms with Gasteiger partial charge in [0.05, 0.1) is 5.75 Å². The summed E-state index contributed by atoms with van der Waals surface area (Å²) in [6, 6.07) is 0.536. The smallest absolute Gasteiger partial charge is 0.151 e. The molecule has 17 heavy (non-hydrogen) atoms. The van der Waals surface area contributed by atoms with E-state index in [2.05, 4.69) is 17.1 Å².